The first-order valence-corrected chi connectivity index (χ1v) is 2.75. The van der Waals surface area contributed by atoms with E-state index in [2.05, 4.69) is 12.6 Å². The molecule has 0 aliphatic carbocycles. The minimum Gasteiger partial charge on any atom is -0.175 e. The van der Waals surface area contributed by atoms with Crippen molar-refractivity contribution in [2.24, 2.45) is 0 Å². The Bertz CT molecular complexity index is 58.6. The average molecular weight is 123 g/mol. The molecule has 2 heteroatoms. The van der Waals surface area contributed by atoms with Crippen LogP contribution in [0.1, 0.15) is 6.92 Å². The van der Waals surface area contributed by atoms with Crippen LogP contribution in [0.2, 0.25) is 0 Å². The Labute approximate surface area is 48.6 Å². The smallest absolute Gasteiger partial charge is 0.0121 e. The molecule has 0 fully saturated rings. The Morgan fingerprint density at radius 3 is 2.50 bits per heavy atom. The minimum absolute atomic E-state index is 0.753. The topological polar surface area (TPSA) is 0 Å². The van der Waals surface area contributed by atoms with Gasteiger partial charge in [-0.05, 0) is 6.92 Å². The summed E-state index contributed by atoms with van der Waals surface area (Å²) < 4.78 is 0. The molecule has 0 aliphatic heterocycles. The highest BCUT2D eigenvalue weighted by Gasteiger charge is 1.75. The Morgan fingerprint density at radius 2 is 2.50 bits per heavy atom. The van der Waals surface area contributed by atoms with Crippen LogP contribution in [-0.2, 0) is 0 Å². The second-order valence-electron chi connectivity index (χ2n) is 1.11. The molecule has 0 aromatic rings. The Kier molecular flexibility index (Phi) is 3.79. The predicted molar refractivity (Wildman–Crippen MR) is 33.5 cm³/mol. The molecule has 0 bridgehead atoms. The highest BCUT2D eigenvalue weighted by molar-refractivity contribution is 7.80. The quantitative estimate of drug-likeness (QED) is 0.506. The first-order valence-electron chi connectivity index (χ1n) is 1.68. The van der Waals surface area contributed by atoms with Gasteiger partial charge in [0.15, 0.2) is 0 Å². The third-order valence-electron chi connectivity index (χ3n) is 0.436. The molecule has 0 saturated heterocycles. The van der Waals surface area contributed by atoms with Crippen molar-refractivity contribution >= 4 is 24.2 Å². The molecule has 0 atom stereocenters. The molecule has 0 saturated carbocycles. The molecule has 6 heavy (non-hydrogen) atoms. The number of thiol groups is 1. The summed E-state index contributed by atoms with van der Waals surface area (Å²) in [7, 11) is 0. The molecule has 36 valence electrons. The van der Waals surface area contributed by atoms with Crippen LogP contribution in [0.15, 0.2) is 11.1 Å². The Morgan fingerprint density at radius 1 is 2.00 bits per heavy atom. The van der Waals surface area contributed by atoms with Gasteiger partial charge in [0.2, 0.25) is 0 Å². The maximum atomic E-state index is 5.24. The highest BCUT2D eigenvalue weighted by atomic mass is 35.5. The van der Waals surface area contributed by atoms with E-state index in [0.29, 0.717) is 0 Å². The Balaban J connectivity index is 3.22. The minimum atomic E-state index is 0.753. The van der Waals surface area contributed by atoms with E-state index in [4.69, 9.17) is 11.6 Å². The van der Waals surface area contributed by atoms with Gasteiger partial charge in [-0.3, -0.25) is 0 Å². The van der Waals surface area contributed by atoms with Crippen LogP contribution >= 0.6 is 24.2 Å². The molecule has 0 N–H and O–H groups in total. The fourth-order valence-corrected chi connectivity index (χ4v) is 0.311. The van der Waals surface area contributed by atoms with Crippen molar-refractivity contribution < 1.29 is 0 Å². The lowest BCUT2D eigenvalue weighted by Gasteiger charge is -1.82. The lowest BCUT2D eigenvalue weighted by atomic mass is 10.4. The zero-order chi connectivity index (χ0) is 4.99. The fourth-order valence-electron chi connectivity index (χ4n) is 0.0345. The molecule has 0 aromatic heterocycles. The van der Waals surface area contributed by atoms with Gasteiger partial charge in [-0.1, -0.05) is 17.2 Å². The molecule has 0 radical (unpaired) electrons. The van der Waals surface area contributed by atoms with E-state index >= 15 is 0 Å². The summed E-state index contributed by atoms with van der Waals surface area (Å²) >= 11 is 9.18. The van der Waals surface area contributed by atoms with Gasteiger partial charge >= 0.3 is 0 Å². The second-order valence-corrected chi connectivity index (χ2v) is 1.65. The molecule has 0 rings (SSSR count). The largest absolute Gasteiger partial charge is 0.175 e. The molecule has 0 amide bonds. The molecule has 0 aromatic carbocycles. The van der Waals surface area contributed by atoms with E-state index in [1.54, 1.807) is 0 Å². The van der Waals surface area contributed by atoms with Crippen LogP contribution in [0.25, 0.3) is 0 Å². The number of hydrogen-bond acceptors (Lipinski definition) is 1. The van der Waals surface area contributed by atoms with Gasteiger partial charge in [0.25, 0.3) is 0 Å². The summed E-state index contributed by atoms with van der Waals surface area (Å²) in [6.45, 7) is 1.93. The monoisotopic (exact) mass is 122 g/mol. The van der Waals surface area contributed by atoms with Crippen molar-refractivity contribution in [3.63, 3.8) is 0 Å². The van der Waals surface area contributed by atoms with Crippen molar-refractivity contribution in [3.05, 3.63) is 11.1 Å². The van der Waals surface area contributed by atoms with E-state index in [-0.39, 0.29) is 0 Å². The summed E-state index contributed by atoms with van der Waals surface area (Å²) in [6, 6.07) is 0. The van der Waals surface area contributed by atoms with E-state index in [1.807, 2.05) is 6.92 Å². The van der Waals surface area contributed by atoms with Crippen molar-refractivity contribution in [3.8, 4) is 0 Å². The Hall–Kier alpha value is 0.380. The lowest BCUT2D eigenvalue weighted by molar-refractivity contribution is 1.44. The molecule has 0 spiro atoms. The van der Waals surface area contributed by atoms with Crippen LogP contribution < -0.4 is 0 Å². The molecular weight excluding hydrogens is 116 g/mol. The van der Waals surface area contributed by atoms with E-state index in [0.717, 1.165) is 11.3 Å². The molecule has 0 heterocycles. The van der Waals surface area contributed by atoms with Crippen molar-refractivity contribution in [2.75, 3.05) is 5.75 Å². The summed E-state index contributed by atoms with van der Waals surface area (Å²) in [5.41, 5.74) is 2.63. The van der Waals surface area contributed by atoms with Crippen LogP contribution in [0.4, 0.5) is 0 Å². The highest BCUT2D eigenvalue weighted by Crippen LogP contribution is 1.95. The lowest BCUT2D eigenvalue weighted by Crippen LogP contribution is -1.69. The first kappa shape index (κ1) is 6.38. The van der Waals surface area contributed by atoms with Crippen LogP contribution in [0.5, 0.6) is 0 Å². The zero-order valence-corrected chi connectivity index (χ0v) is 5.26. The number of rotatable bonds is 1. The summed E-state index contributed by atoms with van der Waals surface area (Å²) in [4.78, 5) is 0. The molecular formula is C4H7ClS. The van der Waals surface area contributed by atoms with Gasteiger partial charge in [-0.2, -0.15) is 12.6 Å². The van der Waals surface area contributed by atoms with Gasteiger partial charge in [0, 0.05) is 11.3 Å². The van der Waals surface area contributed by atoms with E-state index in [9.17, 15) is 0 Å². The van der Waals surface area contributed by atoms with Crippen molar-refractivity contribution in [2.45, 2.75) is 6.92 Å². The summed E-state index contributed by atoms with van der Waals surface area (Å²) in [5.74, 6) is 0.753. The van der Waals surface area contributed by atoms with Crippen LogP contribution in [0.3, 0.4) is 0 Å². The van der Waals surface area contributed by atoms with Gasteiger partial charge < -0.3 is 0 Å². The third kappa shape index (κ3) is 2.61. The van der Waals surface area contributed by atoms with Gasteiger partial charge in [0.1, 0.15) is 0 Å². The van der Waals surface area contributed by atoms with E-state index in [1.165, 1.54) is 5.54 Å². The molecule has 0 aliphatic rings. The summed E-state index contributed by atoms with van der Waals surface area (Å²) in [5, 5.41) is 0. The van der Waals surface area contributed by atoms with Crippen molar-refractivity contribution in [1.82, 2.24) is 0 Å². The molecule has 0 unspecified atom stereocenters. The van der Waals surface area contributed by atoms with Crippen LogP contribution in [0, 0.1) is 0 Å². The SMILES string of the molecule is C/C(=C/Cl)CS. The zero-order valence-electron chi connectivity index (χ0n) is 3.61. The third-order valence-corrected chi connectivity index (χ3v) is 1.31. The van der Waals surface area contributed by atoms with Gasteiger partial charge in [-0.15, -0.1) is 0 Å². The van der Waals surface area contributed by atoms with Crippen LogP contribution in [-0.4, -0.2) is 5.75 Å². The first-order chi connectivity index (χ1) is 2.81. The average Bonchev–Trinajstić information content (AvgIpc) is 1.65. The fraction of sp³-hybridized carbons (Fsp3) is 0.500. The normalized spacial score (nSPS) is 12.2. The number of hydrogen-bond donors (Lipinski definition) is 1. The standard InChI is InChI=1S/C4H7ClS/c1-4(2-5)3-6/h2,6H,3H2,1H3/b4-2-. The predicted octanol–water partition coefficient (Wildman–Crippen LogP) is 2.06. The van der Waals surface area contributed by atoms with Gasteiger partial charge in [-0.25, -0.2) is 0 Å². The maximum absolute atomic E-state index is 5.24. The number of halogens is 1. The summed E-state index contributed by atoms with van der Waals surface area (Å²) in [6.07, 6.45) is 0. The second kappa shape index (κ2) is 3.57. The van der Waals surface area contributed by atoms with Crippen molar-refractivity contribution in [1.29, 1.82) is 0 Å². The maximum Gasteiger partial charge on any atom is 0.0121 e. The van der Waals surface area contributed by atoms with E-state index < -0.39 is 0 Å². The van der Waals surface area contributed by atoms with Gasteiger partial charge in [0.05, 0.1) is 0 Å². The molecule has 0 nitrogen and oxygen atoms in total.